The third kappa shape index (κ3) is 3.59. The second kappa shape index (κ2) is 7.55. The second-order valence-electron chi connectivity index (χ2n) is 6.89. The van der Waals surface area contributed by atoms with Crippen molar-refractivity contribution in [3.8, 4) is 34.0 Å². The Kier molecular flexibility index (Phi) is 4.59. The predicted molar refractivity (Wildman–Crippen MR) is 108 cm³/mol. The fourth-order valence-corrected chi connectivity index (χ4v) is 3.33. The molecule has 0 fully saturated rings. The highest BCUT2D eigenvalue weighted by Gasteiger charge is 2.16. The van der Waals surface area contributed by atoms with E-state index in [0.717, 1.165) is 6.07 Å². The van der Waals surface area contributed by atoms with E-state index < -0.39 is 11.6 Å². The molecule has 2 aromatic heterocycles. The average Bonchev–Trinajstić information content (AvgIpc) is 2.77. The highest BCUT2D eigenvalue weighted by atomic mass is 19.1. The Morgan fingerprint density at radius 2 is 1.10 bits per heavy atom. The zero-order chi connectivity index (χ0) is 20.5. The molecule has 2 aromatic carbocycles. The summed E-state index contributed by atoms with van der Waals surface area (Å²) in [6.45, 7) is 0.404. The van der Waals surface area contributed by atoms with Crippen LogP contribution in [-0.2, 0) is 13.2 Å². The number of rotatable bonds is 0. The lowest BCUT2D eigenvalue weighted by molar-refractivity contribution is 0.285. The van der Waals surface area contributed by atoms with Crippen molar-refractivity contribution in [1.29, 1.82) is 0 Å². The van der Waals surface area contributed by atoms with Gasteiger partial charge in [0.15, 0.2) is 0 Å². The van der Waals surface area contributed by atoms with E-state index in [0.29, 0.717) is 34.3 Å². The van der Waals surface area contributed by atoms with Crippen molar-refractivity contribution in [2.75, 3.05) is 0 Å². The van der Waals surface area contributed by atoms with E-state index in [9.17, 15) is 8.78 Å². The van der Waals surface area contributed by atoms with Gasteiger partial charge >= 0.3 is 0 Å². The molecule has 0 radical (unpaired) electrons. The summed E-state index contributed by atoms with van der Waals surface area (Å²) in [6, 6.07) is 20.1. The van der Waals surface area contributed by atoms with Crippen LogP contribution in [0.2, 0.25) is 0 Å². The summed E-state index contributed by atoms with van der Waals surface area (Å²) in [7, 11) is 0. The molecule has 0 N–H and O–H groups in total. The number of nitrogens with zero attached hydrogens (tertiary/aromatic N) is 2. The molecule has 0 saturated heterocycles. The Morgan fingerprint density at radius 1 is 0.600 bits per heavy atom. The van der Waals surface area contributed by atoms with Crippen LogP contribution in [0.4, 0.5) is 8.78 Å². The van der Waals surface area contributed by atoms with Crippen molar-refractivity contribution in [2.24, 2.45) is 0 Å². The van der Waals surface area contributed by atoms with E-state index in [1.54, 1.807) is 42.5 Å². The molecular weight excluding hydrogens is 386 g/mol. The Morgan fingerprint density at radius 3 is 1.63 bits per heavy atom. The number of hydrogen-bond donors (Lipinski definition) is 0. The van der Waals surface area contributed by atoms with Gasteiger partial charge in [-0.25, -0.2) is 18.7 Å². The molecule has 0 spiro atoms. The van der Waals surface area contributed by atoms with Gasteiger partial charge in [-0.3, -0.25) is 0 Å². The third-order valence-corrected chi connectivity index (χ3v) is 4.80. The summed E-state index contributed by atoms with van der Waals surface area (Å²) in [5.74, 6) is -0.113. The van der Waals surface area contributed by atoms with Gasteiger partial charge in [-0.1, -0.05) is 18.2 Å². The predicted octanol–water partition coefficient (Wildman–Crippen LogP) is 5.56. The Labute approximate surface area is 171 Å². The van der Waals surface area contributed by atoms with Gasteiger partial charge < -0.3 is 9.47 Å². The first-order chi connectivity index (χ1) is 14.7. The highest BCUT2D eigenvalue weighted by molar-refractivity contribution is 5.70. The van der Waals surface area contributed by atoms with Gasteiger partial charge in [0, 0.05) is 23.3 Å². The first-order valence-electron chi connectivity index (χ1n) is 9.43. The summed E-state index contributed by atoms with van der Waals surface area (Å²) in [6.07, 6.45) is 0. The van der Waals surface area contributed by atoms with E-state index in [4.69, 9.17) is 9.47 Å². The molecular formula is C24H16F2N2O2. The van der Waals surface area contributed by atoms with Gasteiger partial charge in [0.2, 0.25) is 0 Å². The van der Waals surface area contributed by atoms with Gasteiger partial charge in [-0.15, -0.1) is 0 Å². The number of hydrogen-bond acceptors (Lipinski definition) is 4. The summed E-state index contributed by atoms with van der Waals surface area (Å²) in [5.41, 5.74) is 2.44. The number of pyridine rings is 2. The van der Waals surface area contributed by atoms with Crippen molar-refractivity contribution < 1.29 is 18.3 Å². The van der Waals surface area contributed by atoms with Crippen LogP contribution < -0.4 is 9.47 Å². The van der Waals surface area contributed by atoms with E-state index >= 15 is 0 Å². The standard InChI is InChI=1S/C24H16F2N2O2/c25-21-12-22(26)20-11-19(21)23-8-1-4-15(27-23)13-29-17-6-3-7-18(10-17)30-14-16-5-2-9-24(20)28-16/h1-12H,13-14H2. The number of aromatic nitrogens is 2. The molecule has 1 aliphatic heterocycles. The lowest BCUT2D eigenvalue weighted by atomic mass is 10.0. The molecule has 4 nitrogen and oxygen atoms in total. The number of halogens is 2. The van der Waals surface area contributed by atoms with Crippen LogP contribution in [0.15, 0.2) is 72.8 Å². The molecule has 6 heteroatoms. The van der Waals surface area contributed by atoms with Crippen LogP contribution in [0.1, 0.15) is 11.4 Å². The minimum atomic E-state index is -0.685. The molecule has 8 bridgehead atoms. The van der Waals surface area contributed by atoms with Crippen LogP contribution in [0.3, 0.4) is 0 Å². The molecule has 30 heavy (non-hydrogen) atoms. The van der Waals surface area contributed by atoms with Crippen molar-refractivity contribution >= 4 is 0 Å². The van der Waals surface area contributed by atoms with Gasteiger partial charge in [0.25, 0.3) is 0 Å². The summed E-state index contributed by atoms with van der Waals surface area (Å²) in [5, 5.41) is 0. The molecule has 0 saturated carbocycles. The monoisotopic (exact) mass is 402 g/mol. The molecule has 3 heterocycles. The smallest absolute Gasteiger partial charge is 0.135 e. The zero-order valence-electron chi connectivity index (χ0n) is 15.8. The van der Waals surface area contributed by atoms with Crippen LogP contribution in [0.25, 0.3) is 22.5 Å². The maximum absolute atomic E-state index is 14.6. The molecule has 0 amide bonds. The lowest BCUT2D eigenvalue weighted by Crippen LogP contribution is -2.03. The number of fused-ring (bicyclic) bond motifs is 10. The third-order valence-electron chi connectivity index (χ3n) is 4.80. The Bertz CT molecular complexity index is 1160. The first-order valence-corrected chi connectivity index (χ1v) is 9.43. The summed E-state index contributed by atoms with van der Waals surface area (Å²) >= 11 is 0. The van der Waals surface area contributed by atoms with Gasteiger partial charge in [0.05, 0.1) is 22.8 Å². The maximum Gasteiger partial charge on any atom is 0.135 e. The normalized spacial score (nSPS) is 12.6. The topological polar surface area (TPSA) is 44.2 Å². The Hall–Kier alpha value is -3.80. The molecule has 1 aliphatic rings. The summed E-state index contributed by atoms with van der Waals surface area (Å²) < 4.78 is 40.9. The summed E-state index contributed by atoms with van der Waals surface area (Å²) in [4.78, 5) is 9.00. The van der Waals surface area contributed by atoms with Crippen LogP contribution in [0, 0.1) is 11.6 Å². The lowest BCUT2D eigenvalue weighted by Gasteiger charge is -2.13. The van der Waals surface area contributed by atoms with Crippen LogP contribution in [0.5, 0.6) is 11.5 Å². The van der Waals surface area contributed by atoms with Crippen molar-refractivity contribution in [3.63, 3.8) is 0 Å². The first kappa shape index (κ1) is 18.2. The SMILES string of the molecule is Fc1cc(F)c2cc1-c1cccc(n1)COc1cccc(c1)OCc1cccc-2n1. The second-order valence-corrected chi connectivity index (χ2v) is 6.89. The maximum atomic E-state index is 14.6. The van der Waals surface area contributed by atoms with Crippen molar-refractivity contribution in [1.82, 2.24) is 9.97 Å². The largest absolute Gasteiger partial charge is 0.487 e. The van der Waals surface area contributed by atoms with Crippen LogP contribution >= 0.6 is 0 Å². The van der Waals surface area contributed by atoms with E-state index in [1.165, 1.54) is 6.07 Å². The van der Waals surface area contributed by atoms with Crippen molar-refractivity contribution in [3.05, 3.63) is 95.8 Å². The van der Waals surface area contributed by atoms with E-state index in [-0.39, 0.29) is 24.3 Å². The quantitative estimate of drug-likeness (QED) is 0.386. The molecule has 0 atom stereocenters. The molecule has 0 unspecified atom stereocenters. The average molecular weight is 402 g/mol. The van der Waals surface area contributed by atoms with E-state index in [2.05, 4.69) is 9.97 Å². The fraction of sp³-hybridized carbons (Fsp3) is 0.0833. The minimum absolute atomic E-state index is 0.200. The number of benzene rings is 2. The van der Waals surface area contributed by atoms with E-state index in [1.807, 2.05) is 18.2 Å². The molecule has 0 aliphatic carbocycles. The minimum Gasteiger partial charge on any atom is -0.487 e. The van der Waals surface area contributed by atoms with Crippen LogP contribution in [-0.4, -0.2) is 9.97 Å². The number of ether oxygens (including phenoxy) is 2. The van der Waals surface area contributed by atoms with Crippen molar-refractivity contribution in [2.45, 2.75) is 13.2 Å². The zero-order valence-corrected chi connectivity index (χ0v) is 15.8. The molecule has 5 rings (SSSR count). The highest BCUT2D eigenvalue weighted by Crippen LogP contribution is 2.30. The fourth-order valence-electron chi connectivity index (χ4n) is 3.33. The Balaban J connectivity index is 1.68. The molecule has 4 aromatic rings. The van der Waals surface area contributed by atoms with Gasteiger partial charge in [-0.05, 0) is 42.5 Å². The van der Waals surface area contributed by atoms with Gasteiger partial charge in [-0.2, -0.15) is 0 Å². The van der Waals surface area contributed by atoms with Gasteiger partial charge in [0.1, 0.15) is 36.3 Å². The molecule has 148 valence electrons.